The number of fused-ring (bicyclic) bond motifs is 1. The first-order chi connectivity index (χ1) is 17.7. The van der Waals surface area contributed by atoms with E-state index in [4.69, 9.17) is 0 Å². The number of phenols is 3. The number of hydrogen-bond donors (Lipinski definition) is 7. The van der Waals surface area contributed by atoms with E-state index in [1.54, 1.807) is 12.1 Å². The van der Waals surface area contributed by atoms with E-state index in [0.717, 1.165) is 6.07 Å². The average molecular weight is 502 g/mol. The van der Waals surface area contributed by atoms with E-state index >= 15 is 0 Å². The number of carbonyl (C=O) groups excluding carboxylic acids is 3. The van der Waals surface area contributed by atoms with Crippen LogP contribution in [0.1, 0.15) is 26.4 Å². The van der Waals surface area contributed by atoms with E-state index in [1.807, 2.05) is 0 Å². The van der Waals surface area contributed by atoms with Crippen LogP contribution in [0.2, 0.25) is 0 Å². The van der Waals surface area contributed by atoms with Crippen LogP contribution in [0.4, 0.5) is 0 Å². The molecule has 0 radical (unpaired) electrons. The minimum atomic E-state index is -1.23. The van der Waals surface area contributed by atoms with Crippen LogP contribution in [0.25, 0.3) is 10.9 Å². The summed E-state index contributed by atoms with van der Waals surface area (Å²) in [6.45, 7) is 0. The highest BCUT2D eigenvalue weighted by atomic mass is 16.3. The number of para-hydroxylation sites is 2. The Balaban J connectivity index is 1.56. The zero-order chi connectivity index (χ0) is 26.5. The first-order valence-corrected chi connectivity index (χ1v) is 11.0. The van der Waals surface area contributed by atoms with E-state index in [-0.39, 0.29) is 45.8 Å². The van der Waals surface area contributed by atoms with Gasteiger partial charge in [-0.05, 0) is 42.0 Å². The van der Waals surface area contributed by atoms with Crippen molar-refractivity contribution in [2.45, 2.75) is 12.5 Å². The Bertz CT molecular complexity index is 1550. The zero-order valence-corrected chi connectivity index (χ0v) is 19.2. The third-order valence-electron chi connectivity index (χ3n) is 5.53. The second-order valence-electron chi connectivity index (χ2n) is 8.10. The van der Waals surface area contributed by atoms with Crippen molar-refractivity contribution in [1.82, 2.24) is 21.2 Å². The molecule has 11 nitrogen and oxygen atoms in total. The van der Waals surface area contributed by atoms with Crippen LogP contribution in [-0.4, -0.2) is 44.1 Å². The molecular weight excluding hydrogens is 480 g/mol. The summed E-state index contributed by atoms with van der Waals surface area (Å²) in [5, 5.41) is 32.1. The number of amides is 3. The van der Waals surface area contributed by atoms with Gasteiger partial charge in [-0.3, -0.25) is 30.0 Å². The molecular formula is C26H22N4O7. The molecule has 188 valence electrons. The maximum atomic E-state index is 13.0. The number of hydrazine groups is 1. The van der Waals surface area contributed by atoms with Gasteiger partial charge in [-0.25, -0.2) is 0 Å². The number of nitrogens with one attached hydrogen (secondary N) is 4. The second kappa shape index (κ2) is 10.5. The topological polar surface area (TPSA) is 181 Å². The highest BCUT2D eigenvalue weighted by Gasteiger charge is 2.24. The maximum absolute atomic E-state index is 13.0. The van der Waals surface area contributed by atoms with Gasteiger partial charge < -0.3 is 25.6 Å². The first-order valence-electron chi connectivity index (χ1n) is 11.0. The zero-order valence-electron chi connectivity index (χ0n) is 19.2. The lowest BCUT2D eigenvalue weighted by molar-refractivity contribution is -0.123. The Labute approximate surface area is 209 Å². The Kier molecular flexibility index (Phi) is 7.05. The van der Waals surface area contributed by atoms with Gasteiger partial charge >= 0.3 is 0 Å². The Morgan fingerprint density at radius 3 is 2.24 bits per heavy atom. The number of H-pyrrole nitrogens is 1. The summed E-state index contributed by atoms with van der Waals surface area (Å²) < 4.78 is 0. The smallest absolute Gasteiger partial charge is 0.273 e. The van der Waals surface area contributed by atoms with E-state index in [1.165, 1.54) is 54.6 Å². The van der Waals surface area contributed by atoms with Crippen molar-refractivity contribution in [1.29, 1.82) is 0 Å². The number of aromatic nitrogens is 1. The van der Waals surface area contributed by atoms with E-state index in [9.17, 15) is 34.5 Å². The number of hydrogen-bond acceptors (Lipinski definition) is 7. The summed E-state index contributed by atoms with van der Waals surface area (Å²) in [4.78, 5) is 53.5. The predicted octanol–water partition coefficient (Wildman–Crippen LogP) is 1.45. The van der Waals surface area contributed by atoms with Gasteiger partial charge in [0.2, 0.25) is 0 Å². The SMILES string of the molecule is O=C(N[C@@H](Cc1ccc(O)cc1)C(=O)NNC(=O)c1ccccc1O)c1cc(=O)c2cccc(O)c2[nH]1. The lowest BCUT2D eigenvalue weighted by Crippen LogP contribution is -2.53. The molecule has 0 saturated heterocycles. The Morgan fingerprint density at radius 2 is 1.51 bits per heavy atom. The van der Waals surface area contributed by atoms with Crippen LogP contribution in [0.15, 0.2) is 77.6 Å². The van der Waals surface area contributed by atoms with Crippen LogP contribution >= 0.6 is 0 Å². The highest BCUT2D eigenvalue weighted by Crippen LogP contribution is 2.20. The summed E-state index contributed by atoms with van der Waals surface area (Å²) in [6.07, 6.45) is -0.0344. The second-order valence-corrected chi connectivity index (χ2v) is 8.10. The van der Waals surface area contributed by atoms with Crippen molar-refractivity contribution in [3.8, 4) is 17.2 Å². The average Bonchev–Trinajstić information content (AvgIpc) is 2.88. The molecule has 0 bridgehead atoms. The fraction of sp³-hybridized carbons (Fsp3) is 0.0769. The van der Waals surface area contributed by atoms with Gasteiger partial charge in [0.1, 0.15) is 29.0 Å². The lowest BCUT2D eigenvalue weighted by atomic mass is 10.0. The van der Waals surface area contributed by atoms with Crippen LogP contribution in [-0.2, 0) is 11.2 Å². The summed E-state index contributed by atoms with van der Waals surface area (Å²) in [5.74, 6) is -2.89. The molecule has 0 aliphatic carbocycles. The molecule has 1 atom stereocenters. The summed E-state index contributed by atoms with van der Waals surface area (Å²) >= 11 is 0. The van der Waals surface area contributed by atoms with E-state index < -0.39 is 29.2 Å². The molecule has 3 amide bonds. The van der Waals surface area contributed by atoms with Crippen molar-refractivity contribution in [2.75, 3.05) is 0 Å². The van der Waals surface area contributed by atoms with Crippen molar-refractivity contribution < 1.29 is 29.7 Å². The van der Waals surface area contributed by atoms with E-state index in [0.29, 0.717) is 5.56 Å². The minimum Gasteiger partial charge on any atom is -0.508 e. The quantitative estimate of drug-likeness (QED) is 0.195. The fourth-order valence-electron chi connectivity index (χ4n) is 3.63. The molecule has 11 heteroatoms. The number of phenolic OH excluding ortho intramolecular Hbond substituents is 3. The fourth-order valence-corrected chi connectivity index (χ4v) is 3.63. The molecule has 0 fully saturated rings. The van der Waals surface area contributed by atoms with Crippen LogP contribution in [0, 0.1) is 0 Å². The standard InChI is InChI=1S/C26H22N4O7/c31-15-10-8-14(9-11-15)12-18(26(37)30-29-24(35)17-4-1-2-6-20(17)32)28-25(36)19-13-22(34)16-5-3-7-21(33)23(16)27-19/h1-11,13,18,31-33H,12H2,(H,27,34)(H,28,36)(H,29,35)(H,30,37)/t18-/m0/s1. The first kappa shape index (κ1) is 24.8. The molecule has 4 rings (SSSR count). The molecule has 0 aliphatic heterocycles. The number of benzene rings is 3. The number of carbonyl (C=O) groups is 3. The Hall–Kier alpha value is -5.32. The molecule has 7 N–H and O–H groups in total. The normalized spacial score (nSPS) is 11.5. The molecule has 37 heavy (non-hydrogen) atoms. The van der Waals surface area contributed by atoms with Crippen LogP contribution in [0.5, 0.6) is 17.2 Å². The van der Waals surface area contributed by atoms with E-state index in [2.05, 4.69) is 21.2 Å². The third kappa shape index (κ3) is 5.68. The number of aromatic hydroxyl groups is 3. The van der Waals surface area contributed by atoms with Gasteiger partial charge in [0.15, 0.2) is 5.43 Å². The van der Waals surface area contributed by atoms with Gasteiger partial charge in [0, 0.05) is 17.9 Å². The molecule has 1 heterocycles. The number of aromatic amines is 1. The summed E-state index contributed by atoms with van der Waals surface area (Å²) in [5.41, 5.74) is 4.28. The largest absolute Gasteiger partial charge is 0.508 e. The summed E-state index contributed by atoms with van der Waals surface area (Å²) in [6, 6.07) is 15.8. The minimum absolute atomic E-state index is 0.0114. The highest BCUT2D eigenvalue weighted by molar-refractivity contribution is 6.00. The van der Waals surface area contributed by atoms with Gasteiger partial charge in [-0.2, -0.15) is 0 Å². The van der Waals surface area contributed by atoms with Crippen LogP contribution in [0.3, 0.4) is 0 Å². The van der Waals surface area contributed by atoms with Gasteiger partial charge in [0.05, 0.1) is 11.1 Å². The molecule has 0 aliphatic rings. The number of rotatable bonds is 6. The van der Waals surface area contributed by atoms with Crippen molar-refractivity contribution >= 4 is 28.6 Å². The van der Waals surface area contributed by atoms with Gasteiger partial charge in [0.25, 0.3) is 17.7 Å². The molecule has 0 spiro atoms. The van der Waals surface area contributed by atoms with Crippen molar-refractivity contribution in [3.63, 3.8) is 0 Å². The maximum Gasteiger partial charge on any atom is 0.273 e. The summed E-state index contributed by atoms with van der Waals surface area (Å²) in [7, 11) is 0. The molecule has 4 aromatic rings. The lowest BCUT2D eigenvalue weighted by Gasteiger charge is -2.19. The van der Waals surface area contributed by atoms with Crippen molar-refractivity contribution in [2.24, 2.45) is 0 Å². The molecule has 0 saturated carbocycles. The van der Waals surface area contributed by atoms with Gasteiger partial charge in [-0.1, -0.05) is 30.3 Å². The van der Waals surface area contributed by atoms with Crippen molar-refractivity contribution in [3.05, 3.63) is 99.8 Å². The van der Waals surface area contributed by atoms with Crippen LogP contribution < -0.4 is 21.6 Å². The third-order valence-corrected chi connectivity index (χ3v) is 5.53. The van der Waals surface area contributed by atoms with Gasteiger partial charge in [-0.15, -0.1) is 0 Å². The Morgan fingerprint density at radius 1 is 0.811 bits per heavy atom. The monoisotopic (exact) mass is 502 g/mol. The number of pyridine rings is 1. The molecule has 1 aromatic heterocycles. The molecule has 3 aromatic carbocycles. The predicted molar refractivity (Wildman–Crippen MR) is 133 cm³/mol. The molecule has 0 unspecified atom stereocenters.